The fraction of sp³-hybridized carbons (Fsp3) is 0.308. The maximum Gasteiger partial charge on any atom is 0.407 e. The highest BCUT2D eigenvalue weighted by Crippen LogP contribution is 2.38. The minimum atomic E-state index is -0.488. The molecule has 0 fully saturated rings. The van der Waals surface area contributed by atoms with Gasteiger partial charge in [0.1, 0.15) is 5.60 Å². The quantitative estimate of drug-likeness (QED) is 0.462. The van der Waals surface area contributed by atoms with E-state index in [1.807, 2.05) is 58.2 Å². The van der Waals surface area contributed by atoms with Gasteiger partial charge >= 0.3 is 6.09 Å². The number of carbonyl (C=O) groups excluding carboxylic acids is 1. The van der Waals surface area contributed by atoms with Gasteiger partial charge in [0.25, 0.3) is 0 Å². The summed E-state index contributed by atoms with van der Waals surface area (Å²) >= 11 is 0. The zero-order valence-electron chi connectivity index (χ0n) is 19.1. The molecule has 3 aromatic rings. The van der Waals surface area contributed by atoms with Crippen LogP contribution in [0.1, 0.15) is 32.8 Å². The Kier molecular flexibility index (Phi) is 6.04. The maximum absolute atomic E-state index is 11.8. The third kappa shape index (κ3) is 4.85. The van der Waals surface area contributed by atoms with Crippen LogP contribution in [0.15, 0.2) is 66.7 Å². The molecule has 0 spiro atoms. The van der Waals surface area contributed by atoms with Crippen molar-refractivity contribution in [2.45, 2.75) is 39.3 Å². The Morgan fingerprint density at radius 1 is 1.12 bits per heavy atom. The van der Waals surface area contributed by atoms with Gasteiger partial charge in [-0.1, -0.05) is 24.3 Å². The molecule has 0 aliphatic carbocycles. The summed E-state index contributed by atoms with van der Waals surface area (Å²) in [7, 11) is 2.01. The van der Waals surface area contributed by atoms with E-state index in [0.29, 0.717) is 6.54 Å². The van der Waals surface area contributed by atoms with Crippen LogP contribution in [0.3, 0.4) is 0 Å². The standard InChI is InChI=1S/C26H29N3O3/c1-26(2,3)32-25(30)27-15-9-16-29-17-14-19(20-10-5-6-11-21(20)29)18-24-28(4)22-12-7-8-13-23(22)31-24/h5-8,10-14,17-18H,9,15-16H2,1-4H3/p+1. The largest absolute Gasteiger partial charge is 0.444 e. The smallest absolute Gasteiger partial charge is 0.407 e. The first-order valence-electron chi connectivity index (χ1n) is 10.9. The maximum atomic E-state index is 11.8. The summed E-state index contributed by atoms with van der Waals surface area (Å²) in [5, 5.41) is 3.97. The molecule has 2 aromatic carbocycles. The molecule has 1 aromatic heterocycles. The molecule has 1 aliphatic rings. The number of alkyl carbamates (subject to hydrolysis) is 1. The number of hydrogen-bond acceptors (Lipinski definition) is 4. The number of anilines is 1. The first kappa shape index (κ1) is 21.7. The Morgan fingerprint density at radius 3 is 2.66 bits per heavy atom. The van der Waals surface area contributed by atoms with Crippen LogP contribution in [-0.2, 0) is 11.3 Å². The molecule has 166 valence electrons. The van der Waals surface area contributed by atoms with E-state index in [2.05, 4.69) is 51.3 Å². The first-order chi connectivity index (χ1) is 15.3. The van der Waals surface area contributed by atoms with E-state index in [4.69, 9.17) is 9.47 Å². The van der Waals surface area contributed by atoms with Crippen molar-refractivity contribution in [1.29, 1.82) is 0 Å². The van der Waals surface area contributed by atoms with Gasteiger partial charge < -0.3 is 19.7 Å². The molecule has 4 rings (SSSR count). The SMILES string of the molecule is CN1/C(=C\c2cc[n+](CCCNC(=O)OC(C)(C)C)c3ccccc23)Oc2ccccc21. The number of fused-ring (bicyclic) bond motifs is 2. The molecule has 2 heterocycles. The molecule has 0 radical (unpaired) electrons. The molecule has 6 heteroatoms. The zero-order valence-corrected chi connectivity index (χ0v) is 19.1. The van der Waals surface area contributed by atoms with Gasteiger partial charge in [0.2, 0.25) is 11.4 Å². The van der Waals surface area contributed by atoms with Crippen molar-refractivity contribution >= 4 is 28.8 Å². The third-order valence-corrected chi connectivity index (χ3v) is 5.25. The average molecular weight is 433 g/mol. The summed E-state index contributed by atoms with van der Waals surface area (Å²) in [6.07, 6.45) is 4.59. The number of nitrogens with one attached hydrogen (secondary N) is 1. The second-order valence-electron chi connectivity index (χ2n) is 8.88. The normalized spacial score (nSPS) is 14.4. The van der Waals surface area contributed by atoms with E-state index in [1.165, 1.54) is 0 Å². The van der Waals surface area contributed by atoms with Crippen molar-refractivity contribution < 1.29 is 18.8 Å². The molecule has 6 nitrogen and oxygen atoms in total. The van der Waals surface area contributed by atoms with Gasteiger partial charge in [0, 0.05) is 38.2 Å². The fourth-order valence-electron chi connectivity index (χ4n) is 3.76. The molecular formula is C26H30N3O3+. The van der Waals surface area contributed by atoms with Crippen LogP contribution in [0.4, 0.5) is 10.5 Å². The van der Waals surface area contributed by atoms with E-state index in [0.717, 1.165) is 46.8 Å². The van der Waals surface area contributed by atoms with Crippen LogP contribution >= 0.6 is 0 Å². The Morgan fingerprint density at radius 2 is 1.88 bits per heavy atom. The Balaban J connectivity index is 1.49. The Bertz CT molecular complexity index is 1160. The van der Waals surface area contributed by atoms with E-state index < -0.39 is 5.60 Å². The highest BCUT2D eigenvalue weighted by atomic mass is 16.6. The van der Waals surface area contributed by atoms with Gasteiger partial charge in [-0.25, -0.2) is 4.79 Å². The lowest BCUT2D eigenvalue weighted by molar-refractivity contribution is -0.671. The summed E-state index contributed by atoms with van der Waals surface area (Å²) < 4.78 is 13.6. The van der Waals surface area contributed by atoms with E-state index in [1.54, 1.807) is 0 Å². The number of para-hydroxylation sites is 3. The third-order valence-electron chi connectivity index (χ3n) is 5.25. The van der Waals surface area contributed by atoms with Gasteiger partial charge in [0.15, 0.2) is 18.5 Å². The van der Waals surface area contributed by atoms with Gasteiger partial charge in [-0.15, -0.1) is 0 Å². The average Bonchev–Trinajstić information content (AvgIpc) is 3.07. The highest BCUT2D eigenvalue weighted by molar-refractivity contribution is 5.86. The number of pyridine rings is 1. The summed E-state index contributed by atoms with van der Waals surface area (Å²) in [4.78, 5) is 13.9. The molecule has 0 saturated heterocycles. The van der Waals surface area contributed by atoms with Gasteiger partial charge in [-0.05, 0) is 44.5 Å². The molecular weight excluding hydrogens is 402 g/mol. The summed E-state index contributed by atoms with van der Waals surface area (Å²) in [6.45, 7) is 6.92. The van der Waals surface area contributed by atoms with Gasteiger partial charge in [-0.3, -0.25) is 0 Å². The zero-order chi connectivity index (χ0) is 22.7. The lowest BCUT2D eigenvalue weighted by Crippen LogP contribution is -2.38. The topological polar surface area (TPSA) is 54.7 Å². The summed E-state index contributed by atoms with van der Waals surface area (Å²) in [6, 6.07) is 18.5. The van der Waals surface area contributed by atoms with Gasteiger partial charge in [0.05, 0.1) is 11.1 Å². The number of benzene rings is 2. The van der Waals surface area contributed by atoms with Crippen molar-refractivity contribution in [3.63, 3.8) is 0 Å². The van der Waals surface area contributed by atoms with Crippen molar-refractivity contribution in [3.8, 4) is 5.75 Å². The Labute approximate surface area is 189 Å². The number of carbonyl (C=O) groups is 1. The van der Waals surface area contributed by atoms with E-state index in [-0.39, 0.29) is 6.09 Å². The lowest BCUT2D eigenvalue weighted by atomic mass is 10.1. The van der Waals surface area contributed by atoms with Crippen LogP contribution in [0.25, 0.3) is 17.0 Å². The summed E-state index contributed by atoms with van der Waals surface area (Å²) in [5.41, 5.74) is 2.81. The van der Waals surface area contributed by atoms with Crippen molar-refractivity contribution in [2.75, 3.05) is 18.5 Å². The summed E-state index contributed by atoms with van der Waals surface area (Å²) in [5.74, 6) is 1.67. The van der Waals surface area contributed by atoms with Crippen LogP contribution in [-0.4, -0.2) is 25.3 Å². The first-order valence-corrected chi connectivity index (χ1v) is 10.9. The predicted octanol–water partition coefficient (Wildman–Crippen LogP) is 4.87. The number of aromatic nitrogens is 1. The highest BCUT2D eigenvalue weighted by Gasteiger charge is 2.23. The lowest BCUT2D eigenvalue weighted by Gasteiger charge is -2.19. The number of hydrogen-bond donors (Lipinski definition) is 1. The van der Waals surface area contributed by atoms with E-state index >= 15 is 0 Å². The second kappa shape index (κ2) is 8.91. The number of ether oxygens (including phenoxy) is 2. The molecule has 0 saturated carbocycles. The van der Waals surface area contributed by atoms with E-state index in [9.17, 15) is 4.79 Å². The molecule has 1 N–H and O–H groups in total. The fourth-order valence-corrected chi connectivity index (χ4v) is 3.76. The van der Waals surface area contributed by atoms with Gasteiger partial charge in [-0.2, -0.15) is 4.57 Å². The Hall–Kier alpha value is -3.54. The van der Waals surface area contributed by atoms with Crippen LogP contribution < -0.4 is 19.5 Å². The number of nitrogens with zero attached hydrogens (tertiary/aromatic N) is 2. The van der Waals surface area contributed by atoms with Crippen LogP contribution in [0, 0.1) is 0 Å². The van der Waals surface area contributed by atoms with Crippen LogP contribution in [0.5, 0.6) is 5.75 Å². The van der Waals surface area contributed by atoms with Crippen LogP contribution in [0.2, 0.25) is 0 Å². The van der Waals surface area contributed by atoms with Crippen molar-refractivity contribution in [3.05, 3.63) is 72.2 Å². The minimum Gasteiger partial charge on any atom is -0.444 e. The molecule has 0 bridgehead atoms. The molecule has 32 heavy (non-hydrogen) atoms. The second-order valence-corrected chi connectivity index (χ2v) is 8.88. The van der Waals surface area contributed by atoms with Crippen molar-refractivity contribution in [2.24, 2.45) is 0 Å². The van der Waals surface area contributed by atoms with Crippen molar-refractivity contribution in [1.82, 2.24) is 5.32 Å². The number of amides is 1. The monoisotopic (exact) mass is 432 g/mol. The number of aryl methyl sites for hydroxylation is 1. The molecule has 1 aliphatic heterocycles. The predicted molar refractivity (Wildman–Crippen MR) is 126 cm³/mol. The number of rotatable bonds is 5. The molecule has 0 unspecified atom stereocenters. The molecule has 0 atom stereocenters. The minimum absolute atomic E-state index is 0.379. The molecule has 1 amide bonds.